The fraction of sp³-hybridized carbons (Fsp3) is 0.562. The number of nitrogens with zero attached hydrogens (tertiary/aromatic N) is 2. The molecule has 2 aliphatic rings. The molecule has 2 heterocycles. The van der Waals surface area contributed by atoms with Crippen LogP contribution in [0.5, 0.6) is 0 Å². The molecule has 0 bridgehead atoms. The summed E-state index contributed by atoms with van der Waals surface area (Å²) in [5.41, 5.74) is 1.20. The fourth-order valence-electron chi connectivity index (χ4n) is 3.22. The lowest BCUT2D eigenvalue weighted by Gasteiger charge is -2.35. The van der Waals surface area contributed by atoms with Crippen molar-refractivity contribution in [3.05, 3.63) is 34.9 Å². The molecule has 1 aromatic rings. The second-order valence-electron chi connectivity index (χ2n) is 6.33. The maximum Gasteiger partial charge on any atom is 0.226 e. The predicted octanol–water partition coefficient (Wildman–Crippen LogP) is 1.42. The van der Waals surface area contributed by atoms with Gasteiger partial charge < -0.3 is 4.90 Å². The first kappa shape index (κ1) is 16.7. The molecule has 0 spiro atoms. The van der Waals surface area contributed by atoms with Gasteiger partial charge in [-0.2, -0.15) is 0 Å². The van der Waals surface area contributed by atoms with Crippen LogP contribution in [0.2, 0.25) is 5.02 Å². The van der Waals surface area contributed by atoms with Crippen LogP contribution in [0.15, 0.2) is 24.3 Å². The summed E-state index contributed by atoms with van der Waals surface area (Å²) in [5.74, 6) is -0.142. The van der Waals surface area contributed by atoms with Gasteiger partial charge in [0.2, 0.25) is 5.91 Å². The number of halogens is 1. The SMILES string of the molecule is O=C(C1CCS(=O)(=O)C1)N1CCN(Cc2ccc(Cl)cc2)CC1. The number of hydrogen-bond acceptors (Lipinski definition) is 4. The molecule has 1 aromatic carbocycles. The molecule has 0 aromatic heterocycles. The van der Waals surface area contributed by atoms with Crippen LogP contribution in [0.25, 0.3) is 0 Å². The zero-order valence-corrected chi connectivity index (χ0v) is 14.5. The minimum absolute atomic E-state index is 0.0113. The second kappa shape index (κ2) is 6.79. The van der Waals surface area contributed by atoms with E-state index in [9.17, 15) is 13.2 Å². The summed E-state index contributed by atoms with van der Waals surface area (Å²) in [4.78, 5) is 16.5. The summed E-state index contributed by atoms with van der Waals surface area (Å²) in [6.07, 6.45) is 0.478. The van der Waals surface area contributed by atoms with Gasteiger partial charge in [0, 0.05) is 37.7 Å². The summed E-state index contributed by atoms with van der Waals surface area (Å²) in [6, 6.07) is 7.81. The average Bonchev–Trinajstić information content (AvgIpc) is 2.90. The maximum absolute atomic E-state index is 12.4. The van der Waals surface area contributed by atoms with Gasteiger partial charge in [0.1, 0.15) is 0 Å². The van der Waals surface area contributed by atoms with E-state index >= 15 is 0 Å². The second-order valence-corrected chi connectivity index (χ2v) is 8.99. The van der Waals surface area contributed by atoms with E-state index < -0.39 is 9.84 Å². The first-order chi connectivity index (χ1) is 10.9. The lowest BCUT2D eigenvalue weighted by Crippen LogP contribution is -2.50. The molecule has 1 atom stereocenters. The lowest BCUT2D eigenvalue weighted by atomic mass is 10.1. The quantitative estimate of drug-likeness (QED) is 0.822. The van der Waals surface area contributed by atoms with Crippen LogP contribution in [0.1, 0.15) is 12.0 Å². The maximum atomic E-state index is 12.4. The van der Waals surface area contributed by atoms with E-state index in [0.29, 0.717) is 19.5 Å². The Balaban J connectivity index is 1.50. The number of benzene rings is 1. The zero-order valence-electron chi connectivity index (χ0n) is 12.9. The summed E-state index contributed by atoms with van der Waals surface area (Å²) < 4.78 is 23.0. The van der Waals surface area contributed by atoms with Crippen molar-refractivity contribution in [3.8, 4) is 0 Å². The van der Waals surface area contributed by atoms with Crippen molar-refractivity contribution < 1.29 is 13.2 Å². The van der Waals surface area contributed by atoms with E-state index in [0.717, 1.165) is 24.7 Å². The van der Waals surface area contributed by atoms with Crippen LogP contribution >= 0.6 is 11.6 Å². The van der Waals surface area contributed by atoms with Crippen molar-refractivity contribution in [2.24, 2.45) is 5.92 Å². The average molecular weight is 357 g/mol. The minimum atomic E-state index is -3.00. The van der Waals surface area contributed by atoms with E-state index in [1.807, 2.05) is 29.2 Å². The number of hydrogen-bond donors (Lipinski definition) is 0. The van der Waals surface area contributed by atoms with E-state index in [4.69, 9.17) is 11.6 Å². The smallest absolute Gasteiger partial charge is 0.226 e. The Morgan fingerprint density at radius 3 is 2.35 bits per heavy atom. The Labute approximate surface area is 142 Å². The third kappa shape index (κ3) is 4.25. The Bertz CT molecular complexity index is 667. The van der Waals surface area contributed by atoms with Gasteiger partial charge >= 0.3 is 0 Å². The van der Waals surface area contributed by atoms with Crippen LogP contribution in [0.3, 0.4) is 0 Å². The molecular formula is C16H21ClN2O3S. The minimum Gasteiger partial charge on any atom is -0.340 e. The molecule has 2 saturated heterocycles. The Morgan fingerprint density at radius 1 is 1.13 bits per heavy atom. The molecule has 0 N–H and O–H groups in total. The van der Waals surface area contributed by atoms with Crippen LogP contribution in [-0.4, -0.2) is 61.8 Å². The van der Waals surface area contributed by atoms with Crippen LogP contribution in [-0.2, 0) is 21.2 Å². The van der Waals surface area contributed by atoms with Gasteiger partial charge in [-0.25, -0.2) is 8.42 Å². The Morgan fingerprint density at radius 2 is 1.78 bits per heavy atom. The van der Waals surface area contributed by atoms with E-state index in [1.165, 1.54) is 5.56 Å². The Hall–Kier alpha value is -1.11. The molecule has 7 heteroatoms. The molecule has 23 heavy (non-hydrogen) atoms. The number of carbonyl (C=O) groups excluding carboxylic acids is 1. The molecule has 5 nitrogen and oxygen atoms in total. The van der Waals surface area contributed by atoms with Gasteiger partial charge in [-0.15, -0.1) is 0 Å². The third-order valence-electron chi connectivity index (χ3n) is 4.59. The molecule has 126 valence electrons. The molecule has 2 aliphatic heterocycles. The van der Waals surface area contributed by atoms with Crippen molar-refractivity contribution >= 4 is 27.3 Å². The lowest BCUT2D eigenvalue weighted by molar-refractivity contribution is -0.136. The van der Waals surface area contributed by atoms with Crippen LogP contribution in [0.4, 0.5) is 0 Å². The van der Waals surface area contributed by atoms with Crippen LogP contribution in [0, 0.1) is 5.92 Å². The highest BCUT2D eigenvalue weighted by atomic mass is 35.5. The van der Waals surface area contributed by atoms with E-state index in [2.05, 4.69) is 4.90 Å². The van der Waals surface area contributed by atoms with Crippen molar-refractivity contribution in [2.75, 3.05) is 37.7 Å². The standard InChI is InChI=1S/C16H21ClN2O3S/c17-15-3-1-13(2-4-15)11-18-6-8-19(9-7-18)16(20)14-5-10-23(21,22)12-14/h1-4,14H,5-12H2. The normalized spacial score (nSPS) is 24.7. The number of carbonyl (C=O) groups is 1. The van der Waals surface area contributed by atoms with Gasteiger partial charge in [-0.1, -0.05) is 23.7 Å². The fourth-order valence-corrected chi connectivity index (χ4v) is 5.08. The number of piperazine rings is 1. The zero-order chi connectivity index (χ0) is 16.4. The summed E-state index contributed by atoms with van der Waals surface area (Å²) in [7, 11) is -3.00. The Kier molecular flexibility index (Phi) is 4.94. The van der Waals surface area contributed by atoms with Crippen LogP contribution < -0.4 is 0 Å². The number of rotatable bonds is 3. The van der Waals surface area contributed by atoms with Crippen molar-refractivity contribution in [1.82, 2.24) is 9.80 Å². The van der Waals surface area contributed by atoms with Crippen molar-refractivity contribution in [2.45, 2.75) is 13.0 Å². The van der Waals surface area contributed by atoms with E-state index in [-0.39, 0.29) is 23.3 Å². The predicted molar refractivity (Wildman–Crippen MR) is 90.1 cm³/mol. The van der Waals surface area contributed by atoms with Crippen molar-refractivity contribution in [3.63, 3.8) is 0 Å². The van der Waals surface area contributed by atoms with Gasteiger partial charge in [0.05, 0.1) is 17.4 Å². The van der Waals surface area contributed by atoms with Gasteiger partial charge in [0.15, 0.2) is 9.84 Å². The summed E-state index contributed by atoms with van der Waals surface area (Å²) >= 11 is 5.89. The molecule has 2 fully saturated rings. The number of sulfone groups is 1. The molecule has 1 amide bonds. The van der Waals surface area contributed by atoms with Gasteiger partial charge in [-0.3, -0.25) is 9.69 Å². The van der Waals surface area contributed by atoms with E-state index in [1.54, 1.807) is 0 Å². The molecule has 0 aliphatic carbocycles. The van der Waals surface area contributed by atoms with Crippen molar-refractivity contribution in [1.29, 1.82) is 0 Å². The topological polar surface area (TPSA) is 57.7 Å². The van der Waals surface area contributed by atoms with Gasteiger partial charge in [0.25, 0.3) is 0 Å². The van der Waals surface area contributed by atoms with Gasteiger partial charge in [-0.05, 0) is 24.1 Å². The number of amides is 1. The largest absolute Gasteiger partial charge is 0.340 e. The third-order valence-corrected chi connectivity index (χ3v) is 6.61. The molecule has 3 rings (SSSR count). The highest BCUT2D eigenvalue weighted by Crippen LogP contribution is 2.22. The first-order valence-electron chi connectivity index (χ1n) is 7.89. The molecule has 1 unspecified atom stereocenters. The highest BCUT2D eigenvalue weighted by molar-refractivity contribution is 7.91. The molecular weight excluding hydrogens is 336 g/mol. The highest BCUT2D eigenvalue weighted by Gasteiger charge is 2.36. The molecule has 0 saturated carbocycles. The summed E-state index contributed by atoms with van der Waals surface area (Å²) in [6.45, 7) is 3.81. The molecule has 0 radical (unpaired) electrons. The monoisotopic (exact) mass is 356 g/mol. The summed E-state index contributed by atoms with van der Waals surface area (Å²) in [5, 5.41) is 0.732. The first-order valence-corrected chi connectivity index (χ1v) is 10.1.